The van der Waals surface area contributed by atoms with Crippen LogP contribution in [0.15, 0.2) is 23.0 Å². The normalized spacial score (nSPS) is 20.3. The van der Waals surface area contributed by atoms with Crippen LogP contribution in [-0.2, 0) is 19.4 Å². The fraction of sp³-hybridized carbons (Fsp3) is 0. The zero-order chi connectivity index (χ0) is 5.11. The molecule has 0 spiro atoms. The molecule has 1 heterocycles. The zero-order valence-electron chi connectivity index (χ0n) is 3.87. The van der Waals surface area contributed by atoms with Crippen LogP contribution in [0.1, 0.15) is 0 Å². The molecule has 0 saturated carbocycles. The first-order chi connectivity index (χ1) is 3.43. The summed E-state index contributed by atoms with van der Waals surface area (Å²) in [6.45, 7) is 0. The van der Waals surface area contributed by atoms with Gasteiger partial charge in [0.1, 0.15) is 0 Å². The topological polar surface area (TPSA) is 17.1 Å². The summed E-state index contributed by atoms with van der Waals surface area (Å²) in [5, 5.41) is 4.12. The van der Waals surface area contributed by atoms with Gasteiger partial charge in [0.2, 0.25) is 0 Å². The Balaban J connectivity index is 2.59. The molecule has 1 rings (SSSR count). The van der Waals surface area contributed by atoms with Crippen molar-refractivity contribution in [1.29, 1.82) is 0 Å². The summed E-state index contributed by atoms with van der Waals surface area (Å²) in [6, 6.07) is 0. The van der Waals surface area contributed by atoms with Crippen LogP contribution in [0.2, 0.25) is 0 Å². The summed E-state index contributed by atoms with van der Waals surface area (Å²) in [4.78, 5) is 0. The molecular formula is C4H5OSZn. The molecule has 7 heavy (non-hydrogen) atoms. The Morgan fingerprint density at radius 2 is 1.86 bits per heavy atom. The van der Waals surface area contributed by atoms with E-state index in [0.717, 1.165) is 0 Å². The second-order valence-corrected chi connectivity index (χ2v) is 9.43. The van der Waals surface area contributed by atoms with Crippen molar-refractivity contribution >= 4 is 8.89 Å². The standard InChI is InChI=1S/C4H4S.O.Zn/c1-2-4-5-3-1;;/h1-4H;;/q;;-1/p+1. The molecule has 0 aliphatic carbocycles. The van der Waals surface area contributed by atoms with Gasteiger partial charge in [-0.2, -0.15) is 0 Å². The summed E-state index contributed by atoms with van der Waals surface area (Å²) >= 11 is -1.33. The van der Waals surface area contributed by atoms with Gasteiger partial charge in [0.25, 0.3) is 0 Å². The van der Waals surface area contributed by atoms with Crippen molar-refractivity contribution in [1.82, 2.24) is 0 Å². The van der Waals surface area contributed by atoms with Gasteiger partial charge in [-0.3, -0.25) is 0 Å². The van der Waals surface area contributed by atoms with Crippen molar-refractivity contribution in [2.45, 2.75) is 0 Å². The van der Waals surface area contributed by atoms with Gasteiger partial charge >= 0.3 is 51.3 Å². The Kier molecular flexibility index (Phi) is 1.95. The van der Waals surface area contributed by atoms with Gasteiger partial charge in [-0.05, 0) is 0 Å². The van der Waals surface area contributed by atoms with Crippen molar-refractivity contribution in [2.75, 3.05) is 0 Å². The Hall–Kier alpha value is 0.253. The van der Waals surface area contributed by atoms with Gasteiger partial charge in [0.05, 0.1) is 0 Å². The van der Waals surface area contributed by atoms with Gasteiger partial charge in [-0.25, -0.2) is 0 Å². The molecular weight excluding hydrogens is 161 g/mol. The van der Waals surface area contributed by atoms with E-state index in [0.29, 0.717) is 0 Å². The zero-order valence-corrected chi connectivity index (χ0v) is 7.73. The average Bonchev–Trinajstić information content (AvgIpc) is 2.14. The number of thiol groups is 1. The molecule has 1 aliphatic heterocycles. The number of hydrogen-bond donors (Lipinski definition) is 1. The maximum absolute atomic E-state index is 10.2. The van der Waals surface area contributed by atoms with Crippen LogP contribution in [0.4, 0.5) is 0 Å². The molecule has 0 unspecified atom stereocenters. The van der Waals surface area contributed by atoms with Crippen LogP contribution < -0.4 is 0 Å². The SMILES string of the molecule is [O]=[Zn][SH]1C=CC=C1. The van der Waals surface area contributed by atoms with Gasteiger partial charge < -0.3 is 0 Å². The van der Waals surface area contributed by atoms with Gasteiger partial charge in [-0.15, -0.1) is 0 Å². The second-order valence-electron chi connectivity index (χ2n) is 1.33. The molecule has 0 aromatic carbocycles. The quantitative estimate of drug-likeness (QED) is 0.460. The fourth-order valence-corrected chi connectivity index (χ4v) is 3.98. The molecule has 0 bridgehead atoms. The third-order valence-electron chi connectivity index (χ3n) is 0.815. The van der Waals surface area contributed by atoms with Gasteiger partial charge in [0, 0.05) is 0 Å². The third kappa shape index (κ3) is 1.32. The fourth-order valence-electron chi connectivity index (χ4n) is 0.456. The molecule has 0 aromatic heterocycles. The molecule has 0 N–H and O–H groups in total. The summed E-state index contributed by atoms with van der Waals surface area (Å²) in [5.41, 5.74) is 0. The van der Waals surface area contributed by atoms with E-state index in [1.54, 1.807) is 0 Å². The van der Waals surface area contributed by atoms with Crippen molar-refractivity contribution in [3.63, 3.8) is 0 Å². The van der Waals surface area contributed by atoms with Crippen molar-refractivity contribution in [3.05, 3.63) is 23.0 Å². The maximum atomic E-state index is 10.2. The summed E-state index contributed by atoms with van der Waals surface area (Å²) < 4.78 is 10.2. The van der Waals surface area contributed by atoms with E-state index in [4.69, 9.17) is 0 Å². The van der Waals surface area contributed by atoms with E-state index in [1.165, 1.54) is 0 Å². The molecule has 0 saturated heterocycles. The van der Waals surface area contributed by atoms with Crippen LogP contribution in [0.3, 0.4) is 0 Å². The van der Waals surface area contributed by atoms with Crippen LogP contribution in [0.5, 0.6) is 0 Å². The van der Waals surface area contributed by atoms with Gasteiger partial charge in [-0.1, -0.05) is 0 Å². The molecule has 0 atom stereocenters. The monoisotopic (exact) mass is 165 g/mol. The van der Waals surface area contributed by atoms with Crippen LogP contribution in [0.25, 0.3) is 0 Å². The van der Waals surface area contributed by atoms with Crippen LogP contribution >= 0.6 is 8.89 Å². The first-order valence-electron chi connectivity index (χ1n) is 2.12. The Bertz CT molecular complexity index is 118. The Morgan fingerprint density at radius 1 is 1.29 bits per heavy atom. The molecule has 0 fully saturated rings. The molecule has 0 radical (unpaired) electrons. The van der Waals surface area contributed by atoms with Crippen molar-refractivity contribution in [3.8, 4) is 0 Å². The summed E-state index contributed by atoms with van der Waals surface area (Å²) in [6.07, 6.45) is 3.96. The van der Waals surface area contributed by atoms with E-state index < -0.39 is 15.9 Å². The van der Waals surface area contributed by atoms with Crippen molar-refractivity contribution < 1.29 is 19.4 Å². The Morgan fingerprint density at radius 3 is 2.14 bits per heavy atom. The number of hydrogen-bond acceptors (Lipinski definition) is 1. The van der Waals surface area contributed by atoms with Crippen LogP contribution in [-0.4, -0.2) is 0 Å². The molecule has 3 heteroatoms. The van der Waals surface area contributed by atoms with E-state index in [9.17, 15) is 3.57 Å². The summed E-state index contributed by atoms with van der Waals surface area (Å²) in [7, 11) is -0.172. The van der Waals surface area contributed by atoms with E-state index >= 15 is 0 Å². The Labute approximate surface area is 51.5 Å². The molecule has 1 aliphatic rings. The van der Waals surface area contributed by atoms with Crippen molar-refractivity contribution in [2.24, 2.45) is 0 Å². The average molecular weight is 167 g/mol. The predicted molar refractivity (Wildman–Crippen MR) is 28.0 cm³/mol. The van der Waals surface area contributed by atoms with Crippen LogP contribution in [0, 0.1) is 0 Å². The first kappa shape index (κ1) is 5.39. The predicted octanol–water partition coefficient (Wildman–Crippen LogP) is 1.37. The summed E-state index contributed by atoms with van der Waals surface area (Å²) in [5.74, 6) is 0. The molecule has 35 valence electrons. The van der Waals surface area contributed by atoms with Gasteiger partial charge in [0.15, 0.2) is 0 Å². The molecule has 1 nitrogen and oxygen atoms in total. The number of rotatable bonds is 1. The first-order valence-corrected chi connectivity index (χ1v) is 8.98. The number of allylic oxidation sites excluding steroid dienone is 2. The molecule has 0 aromatic rings. The van der Waals surface area contributed by atoms with E-state index in [2.05, 4.69) is 10.8 Å². The molecule has 0 amide bonds. The van der Waals surface area contributed by atoms with E-state index in [1.807, 2.05) is 12.2 Å². The minimum atomic E-state index is -1.33. The third-order valence-corrected chi connectivity index (χ3v) is 6.75. The second kappa shape index (κ2) is 2.53. The minimum absolute atomic E-state index is 0.172. The van der Waals surface area contributed by atoms with E-state index in [-0.39, 0.29) is 8.89 Å².